The average molecular weight is 680 g/mol. The van der Waals surface area contributed by atoms with Gasteiger partial charge in [0.25, 0.3) is 10.0 Å². The van der Waals surface area contributed by atoms with E-state index in [2.05, 4.69) is 26.7 Å². The highest BCUT2D eigenvalue weighted by Gasteiger charge is 2.22. The number of aromatic nitrogens is 4. The lowest BCUT2D eigenvalue weighted by Gasteiger charge is -2.21. The average Bonchev–Trinajstić information content (AvgIpc) is 3.72. The molecule has 3 aromatic carbocycles. The molecule has 5 rings (SSSR count). The Bertz CT molecular complexity index is 1980. The molecular formula is C31H30FN7O6S2. The SMILES string of the molecule is N#Cc1ccc(C[C@H](NC[C@H](Cc2ccc(OCCF)cc2)n2cc(COc3ccc4nc(S(N)(=O)=O)sc4c3)nn2)C(=O)O)cc1. The van der Waals surface area contributed by atoms with Gasteiger partial charge >= 0.3 is 5.97 Å². The number of carboxylic acids is 1. The third-order valence-electron chi connectivity index (χ3n) is 7.06. The van der Waals surface area contributed by atoms with Crippen LogP contribution in [0.15, 0.2) is 77.3 Å². The first-order valence-corrected chi connectivity index (χ1v) is 16.7. The van der Waals surface area contributed by atoms with E-state index in [1.807, 2.05) is 12.1 Å². The molecule has 0 aliphatic rings. The van der Waals surface area contributed by atoms with Crippen LogP contribution in [0.3, 0.4) is 0 Å². The summed E-state index contributed by atoms with van der Waals surface area (Å²) in [5.41, 5.74) is 3.15. The highest BCUT2D eigenvalue weighted by molar-refractivity contribution is 7.91. The summed E-state index contributed by atoms with van der Waals surface area (Å²) >= 11 is 0.943. The second-order valence-corrected chi connectivity index (χ2v) is 13.2. The van der Waals surface area contributed by atoms with Crippen LogP contribution in [0.4, 0.5) is 4.39 Å². The van der Waals surface area contributed by atoms with Crippen LogP contribution in [0.25, 0.3) is 10.2 Å². The normalized spacial score (nSPS) is 12.8. The molecule has 2 atom stereocenters. The highest BCUT2D eigenvalue weighted by Crippen LogP contribution is 2.28. The number of carboxylic acid groups (broad SMARTS) is 1. The summed E-state index contributed by atoms with van der Waals surface area (Å²) in [5, 5.41) is 35.9. The van der Waals surface area contributed by atoms with Crippen molar-refractivity contribution in [2.45, 2.75) is 35.9 Å². The maximum absolute atomic E-state index is 12.5. The van der Waals surface area contributed by atoms with Crippen molar-refractivity contribution in [2.24, 2.45) is 5.14 Å². The van der Waals surface area contributed by atoms with Crippen LogP contribution in [-0.4, -0.2) is 65.3 Å². The van der Waals surface area contributed by atoms with Gasteiger partial charge in [-0.05, 0) is 66.4 Å². The summed E-state index contributed by atoms with van der Waals surface area (Å²) in [6, 6.07) is 19.7. The van der Waals surface area contributed by atoms with Gasteiger partial charge in [0.2, 0.25) is 4.34 Å². The Morgan fingerprint density at radius 2 is 1.77 bits per heavy atom. The van der Waals surface area contributed by atoms with Gasteiger partial charge in [-0.25, -0.2) is 27.6 Å². The Morgan fingerprint density at radius 1 is 1.06 bits per heavy atom. The number of halogens is 1. The van der Waals surface area contributed by atoms with Crippen molar-refractivity contribution in [1.82, 2.24) is 25.3 Å². The molecule has 2 heterocycles. The number of ether oxygens (including phenoxy) is 2. The third-order valence-corrected chi connectivity index (χ3v) is 9.40. The molecule has 5 aromatic rings. The van der Waals surface area contributed by atoms with Gasteiger partial charge in [-0.1, -0.05) is 29.5 Å². The van der Waals surface area contributed by atoms with E-state index in [9.17, 15) is 22.7 Å². The van der Waals surface area contributed by atoms with Crippen molar-refractivity contribution < 1.29 is 32.2 Å². The standard InChI is InChI=1S/C31H30FN7O6S2/c32-11-12-44-25-7-5-20(6-8-25)13-24(17-35-28(30(40)41)14-21-1-3-22(16-33)4-2-21)39-18-23(37-38-39)19-45-26-9-10-27-29(15-26)46-31(36-27)47(34,42)43/h1-10,15,18,24,28,35H,11-14,17,19H2,(H,40,41)(H2,34,42,43)/t24-,28-/m0/s1. The van der Waals surface area contributed by atoms with E-state index in [0.29, 0.717) is 39.4 Å². The van der Waals surface area contributed by atoms with Crippen LogP contribution in [-0.2, 0) is 34.3 Å². The Morgan fingerprint density at radius 3 is 2.45 bits per heavy atom. The number of nitrogens with zero attached hydrogens (tertiary/aromatic N) is 5. The maximum atomic E-state index is 12.5. The fraction of sp³-hybridized carbons (Fsp3) is 0.258. The Balaban J connectivity index is 1.30. The minimum atomic E-state index is -3.92. The molecule has 0 radical (unpaired) electrons. The first-order valence-electron chi connectivity index (χ1n) is 14.3. The summed E-state index contributed by atoms with van der Waals surface area (Å²) in [6.07, 6.45) is 2.37. The fourth-order valence-electron chi connectivity index (χ4n) is 4.70. The molecular weight excluding hydrogens is 650 g/mol. The molecule has 0 saturated heterocycles. The largest absolute Gasteiger partial charge is 0.491 e. The summed E-state index contributed by atoms with van der Waals surface area (Å²) in [5.74, 6) is -0.0201. The van der Waals surface area contributed by atoms with Crippen LogP contribution in [0.5, 0.6) is 11.5 Å². The number of nitriles is 1. The predicted molar refractivity (Wildman–Crippen MR) is 170 cm³/mol. The maximum Gasteiger partial charge on any atom is 0.321 e. The lowest BCUT2D eigenvalue weighted by atomic mass is 10.0. The van der Waals surface area contributed by atoms with Crippen LogP contribution in [0, 0.1) is 11.3 Å². The quantitative estimate of drug-likeness (QED) is 0.138. The molecule has 0 saturated carbocycles. The number of nitrogens with two attached hydrogens (primary N) is 1. The number of thiazole rings is 1. The van der Waals surface area contributed by atoms with E-state index in [0.717, 1.165) is 22.5 Å². The van der Waals surface area contributed by atoms with E-state index in [4.69, 9.17) is 19.9 Å². The van der Waals surface area contributed by atoms with Gasteiger partial charge in [0.1, 0.15) is 43.1 Å². The van der Waals surface area contributed by atoms with Crippen molar-refractivity contribution in [3.8, 4) is 17.6 Å². The monoisotopic (exact) mass is 679 g/mol. The molecule has 244 valence electrons. The van der Waals surface area contributed by atoms with Gasteiger partial charge in [0.15, 0.2) is 0 Å². The van der Waals surface area contributed by atoms with Crippen LogP contribution in [0.1, 0.15) is 28.4 Å². The molecule has 16 heteroatoms. The lowest BCUT2D eigenvalue weighted by molar-refractivity contribution is -0.139. The lowest BCUT2D eigenvalue weighted by Crippen LogP contribution is -2.42. The third kappa shape index (κ3) is 9.08. The number of primary sulfonamides is 1. The smallest absolute Gasteiger partial charge is 0.321 e. The molecule has 0 aliphatic carbocycles. The number of aliphatic carboxylic acids is 1. The molecule has 13 nitrogen and oxygen atoms in total. The molecule has 0 unspecified atom stereocenters. The minimum Gasteiger partial charge on any atom is -0.491 e. The molecule has 0 spiro atoms. The Kier molecular flexibility index (Phi) is 10.7. The van der Waals surface area contributed by atoms with E-state index in [-0.39, 0.29) is 36.6 Å². The van der Waals surface area contributed by atoms with E-state index >= 15 is 0 Å². The van der Waals surface area contributed by atoms with Gasteiger partial charge in [0.05, 0.1) is 34.1 Å². The number of hydrogen-bond donors (Lipinski definition) is 3. The van der Waals surface area contributed by atoms with E-state index < -0.39 is 28.7 Å². The first-order chi connectivity index (χ1) is 22.6. The minimum absolute atomic E-state index is 0.0414. The molecule has 0 amide bonds. The van der Waals surface area contributed by atoms with Crippen molar-refractivity contribution in [3.63, 3.8) is 0 Å². The van der Waals surface area contributed by atoms with Gasteiger partial charge in [-0.2, -0.15) is 5.26 Å². The molecule has 2 aromatic heterocycles. The predicted octanol–water partition coefficient (Wildman–Crippen LogP) is 3.40. The second kappa shape index (κ2) is 15.1. The number of sulfonamides is 1. The summed E-state index contributed by atoms with van der Waals surface area (Å²) < 4.78 is 49.1. The number of alkyl halides is 1. The van der Waals surface area contributed by atoms with Crippen LogP contribution < -0.4 is 19.9 Å². The summed E-state index contributed by atoms with van der Waals surface area (Å²) in [6.45, 7) is -0.352. The molecule has 0 bridgehead atoms. The van der Waals surface area contributed by atoms with Crippen molar-refractivity contribution in [1.29, 1.82) is 5.26 Å². The molecule has 0 aliphatic heterocycles. The van der Waals surface area contributed by atoms with E-state index in [1.165, 1.54) is 0 Å². The number of nitrogens with one attached hydrogen (secondary N) is 1. The fourth-order valence-corrected chi connectivity index (χ4v) is 6.38. The number of hydrogen-bond acceptors (Lipinski definition) is 11. The zero-order valence-electron chi connectivity index (χ0n) is 24.8. The van der Waals surface area contributed by atoms with E-state index in [1.54, 1.807) is 65.5 Å². The van der Waals surface area contributed by atoms with Crippen molar-refractivity contribution in [2.75, 3.05) is 19.8 Å². The van der Waals surface area contributed by atoms with Crippen molar-refractivity contribution in [3.05, 3.63) is 95.3 Å². The zero-order valence-corrected chi connectivity index (χ0v) is 26.5. The van der Waals surface area contributed by atoms with Gasteiger partial charge in [-0.3, -0.25) is 4.79 Å². The summed E-state index contributed by atoms with van der Waals surface area (Å²) in [7, 11) is -3.92. The summed E-state index contributed by atoms with van der Waals surface area (Å²) in [4.78, 5) is 16.2. The Labute approximate surface area is 273 Å². The number of carbonyl (C=O) groups is 1. The zero-order chi connectivity index (χ0) is 33.4. The topological polar surface area (TPSA) is 195 Å². The molecule has 4 N–H and O–H groups in total. The number of rotatable bonds is 16. The van der Waals surface area contributed by atoms with Gasteiger partial charge in [0, 0.05) is 6.54 Å². The van der Waals surface area contributed by atoms with Gasteiger partial charge < -0.3 is 19.9 Å². The highest BCUT2D eigenvalue weighted by atomic mass is 32.2. The van der Waals surface area contributed by atoms with Gasteiger partial charge in [-0.15, -0.1) is 16.4 Å². The second-order valence-electron chi connectivity index (χ2n) is 10.5. The first kappa shape index (κ1) is 33.4. The Hall–Kier alpha value is -4.95. The number of fused-ring (bicyclic) bond motifs is 1. The van der Waals surface area contributed by atoms with Crippen LogP contribution >= 0.6 is 11.3 Å². The number of benzene rings is 3. The van der Waals surface area contributed by atoms with Crippen molar-refractivity contribution >= 4 is 37.5 Å². The van der Waals surface area contributed by atoms with Crippen LogP contribution in [0.2, 0.25) is 0 Å². The molecule has 0 fully saturated rings. The molecule has 47 heavy (non-hydrogen) atoms.